The Labute approximate surface area is 412 Å². The van der Waals surface area contributed by atoms with Crippen molar-refractivity contribution in [2.75, 3.05) is 26.4 Å². The first-order valence-electron chi connectivity index (χ1n) is 27.8. The summed E-state index contributed by atoms with van der Waals surface area (Å²) in [5.41, 5.74) is 5.37. The topological polar surface area (TPSA) is 134 Å². The molecule has 0 fully saturated rings. The number of carbonyl (C=O) groups excluding carboxylic acids is 2. The van der Waals surface area contributed by atoms with Gasteiger partial charge in [-0.1, -0.05) is 254 Å². The molecule has 0 amide bonds. The Kier molecular flexibility index (Phi) is 51.3. The van der Waals surface area contributed by atoms with Gasteiger partial charge >= 0.3 is 19.8 Å². The summed E-state index contributed by atoms with van der Waals surface area (Å²) in [5.74, 6) is -0.889. The van der Waals surface area contributed by atoms with Crippen LogP contribution in [0.2, 0.25) is 0 Å². The van der Waals surface area contributed by atoms with Crippen LogP contribution < -0.4 is 5.73 Å². The SMILES string of the molecule is CC/C=C\C/C=C\C/C=C\C/C=C\C/C=C\CCCC(=O)OC(COC(=O)CCCCCCCCCCCCCCCCCCCCCCCCCCCCCCC)COP(=O)(O)OCCN. The fraction of sp³-hybridized carbons (Fsp3) is 0.789. The number of esters is 2. The molecular weight excluding hydrogens is 858 g/mol. The summed E-state index contributed by atoms with van der Waals surface area (Å²) in [6, 6.07) is 0. The third-order valence-electron chi connectivity index (χ3n) is 11.9. The molecule has 0 spiro atoms. The minimum Gasteiger partial charge on any atom is -0.462 e. The number of carbonyl (C=O) groups is 2. The van der Waals surface area contributed by atoms with E-state index in [0.717, 1.165) is 51.4 Å². The second-order valence-corrected chi connectivity index (χ2v) is 19.9. The smallest absolute Gasteiger partial charge is 0.462 e. The molecule has 0 bridgehead atoms. The van der Waals surface area contributed by atoms with Crippen LogP contribution in [-0.2, 0) is 32.7 Å². The fourth-order valence-electron chi connectivity index (χ4n) is 7.85. The van der Waals surface area contributed by atoms with E-state index >= 15 is 0 Å². The number of ether oxygens (including phenoxy) is 2. The molecule has 10 heteroatoms. The van der Waals surface area contributed by atoms with Crippen molar-refractivity contribution in [3.05, 3.63) is 60.8 Å². The molecule has 67 heavy (non-hydrogen) atoms. The first-order valence-corrected chi connectivity index (χ1v) is 29.3. The number of hydrogen-bond donors (Lipinski definition) is 2. The molecule has 0 aliphatic heterocycles. The number of phosphoric acid groups is 1. The second-order valence-electron chi connectivity index (χ2n) is 18.4. The Hall–Kier alpha value is -2.29. The van der Waals surface area contributed by atoms with E-state index < -0.39 is 32.5 Å². The maximum Gasteiger partial charge on any atom is 0.472 e. The molecule has 0 saturated heterocycles. The van der Waals surface area contributed by atoms with Crippen molar-refractivity contribution in [3.8, 4) is 0 Å². The van der Waals surface area contributed by atoms with Crippen LogP contribution in [0.1, 0.15) is 258 Å². The molecule has 0 radical (unpaired) electrons. The zero-order chi connectivity index (χ0) is 48.8. The summed E-state index contributed by atoms with van der Waals surface area (Å²) < 4.78 is 32.9. The average Bonchev–Trinajstić information content (AvgIpc) is 3.32. The first-order chi connectivity index (χ1) is 32.8. The Morgan fingerprint density at radius 1 is 0.463 bits per heavy atom. The molecule has 0 aromatic heterocycles. The van der Waals surface area contributed by atoms with Crippen LogP contribution in [0.4, 0.5) is 0 Å². The number of hydrogen-bond acceptors (Lipinski definition) is 8. The van der Waals surface area contributed by atoms with Crippen LogP contribution in [0.25, 0.3) is 0 Å². The van der Waals surface area contributed by atoms with E-state index in [0.29, 0.717) is 12.8 Å². The zero-order valence-corrected chi connectivity index (χ0v) is 44.3. The Balaban J connectivity index is 3.95. The highest BCUT2D eigenvalue weighted by Gasteiger charge is 2.26. The van der Waals surface area contributed by atoms with E-state index in [2.05, 4.69) is 68.5 Å². The van der Waals surface area contributed by atoms with Gasteiger partial charge in [-0.25, -0.2) is 4.57 Å². The molecule has 390 valence electrons. The molecule has 0 aromatic rings. The number of nitrogens with two attached hydrogens (primary N) is 1. The van der Waals surface area contributed by atoms with Gasteiger partial charge in [0.2, 0.25) is 0 Å². The molecule has 0 aromatic carbocycles. The second kappa shape index (κ2) is 53.1. The first kappa shape index (κ1) is 64.7. The van der Waals surface area contributed by atoms with E-state index in [-0.39, 0.29) is 32.6 Å². The standard InChI is InChI=1S/C57H104NO8P/c1-3-5-7-9-11-13-15-17-19-21-22-23-24-25-26-27-28-29-30-31-32-34-35-37-39-41-43-45-47-49-56(59)63-53-55(54-65-67(61,62)64-52-51-58)66-57(60)50-48-46-44-42-40-38-36-33-20-18-16-14-12-10-8-6-4-2/h6,8,12,14,18,20,36,38,42,44,55H,3-5,7,9-11,13,15-17,19,21-35,37,39-41,43,45-54,58H2,1-2H3,(H,61,62)/b8-6-,14-12-,20-18-,38-36-,44-42-. The highest BCUT2D eigenvalue weighted by molar-refractivity contribution is 7.47. The molecule has 3 N–H and O–H groups in total. The summed E-state index contributed by atoms with van der Waals surface area (Å²) in [5, 5.41) is 0. The van der Waals surface area contributed by atoms with Crippen molar-refractivity contribution in [3.63, 3.8) is 0 Å². The van der Waals surface area contributed by atoms with Gasteiger partial charge in [-0.15, -0.1) is 0 Å². The van der Waals surface area contributed by atoms with Gasteiger partial charge in [0.15, 0.2) is 6.10 Å². The molecule has 0 aliphatic carbocycles. The quantitative estimate of drug-likeness (QED) is 0.0264. The van der Waals surface area contributed by atoms with Crippen molar-refractivity contribution in [1.29, 1.82) is 0 Å². The largest absolute Gasteiger partial charge is 0.472 e. The highest BCUT2D eigenvalue weighted by atomic mass is 31.2. The molecular formula is C57H104NO8P. The van der Waals surface area contributed by atoms with Crippen LogP contribution in [0.5, 0.6) is 0 Å². The van der Waals surface area contributed by atoms with Gasteiger partial charge in [-0.05, 0) is 51.4 Å². The minimum absolute atomic E-state index is 0.0432. The Bertz CT molecular complexity index is 1280. The zero-order valence-electron chi connectivity index (χ0n) is 43.4. The number of unbranched alkanes of at least 4 members (excludes halogenated alkanes) is 29. The van der Waals surface area contributed by atoms with E-state index in [9.17, 15) is 19.0 Å². The van der Waals surface area contributed by atoms with Gasteiger partial charge in [0, 0.05) is 19.4 Å². The number of phosphoric ester groups is 1. The van der Waals surface area contributed by atoms with E-state index in [4.69, 9.17) is 24.3 Å². The number of allylic oxidation sites excluding steroid dienone is 10. The molecule has 0 rings (SSSR count). The molecule has 0 aliphatic rings. The summed E-state index contributed by atoms with van der Waals surface area (Å²) in [7, 11) is -4.40. The van der Waals surface area contributed by atoms with Crippen molar-refractivity contribution >= 4 is 19.8 Å². The monoisotopic (exact) mass is 962 g/mol. The highest BCUT2D eigenvalue weighted by Crippen LogP contribution is 2.43. The summed E-state index contributed by atoms with van der Waals surface area (Å²) in [6.45, 7) is 3.59. The molecule has 2 unspecified atom stereocenters. The lowest BCUT2D eigenvalue weighted by Gasteiger charge is -2.19. The summed E-state index contributed by atoms with van der Waals surface area (Å²) in [4.78, 5) is 35.1. The van der Waals surface area contributed by atoms with Crippen molar-refractivity contribution in [2.24, 2.45) is 5.73 Å². The van der Waals surface area contributed by atoms with Crippen LogP contribution in [0.15, 0.2) is 60.8 Å². The van der Waals surface area contributed by atoms with E-state index in [1.807, 2.05) is 6.08 Å². The predicted molar refractivity (Wildman–Crippen MR) is 284 cm³/mol. The normalized spacial score (nSPS) is 13.6. The summed E-state index contributed by atoms with van der Waals surface area (Å²) >= 11 is 0. The molecule has 0 heterocycles. The van der Waals surface area contributed by atoms with Crippen molar-refractivity contribution in [1.82, 2.24) is 0 Å². The van der Waals surface area contributed by atoms with Crippen LogP contribution in [-0.4, -0.2) is 49.3 Å². The molecule has 0 saturated carbocycles. The van der Waals surface area contributed by atoms with Gasteiger partial charge in [0.1, 0.15) is 6.61 Å². The minimum atomic E-state index is -4.40. The van der Waals surface area contributed by atoms with Gasteiger partial charge in [-0.3, -0.25) is 18.6 Å². The fourth-order valence-corrected chi connectivity index (χ4v) is 8.62. The average molecular weight is 962 g/mol. The Morgan fingerprint density at radius 3 is 1.21 bits per heavy atom. The molecule has 2 atom stereocenters. The lowest BCUT2D eigenvalue weighted by molar-refractivity contribution is -0.161. The van der Waals surface area contributed by atoms with Crippen LogP contribution >= 0.6 is 7.82 Å². The summed E-state index contributed by atoms with van der Waals surface area (Å²) in [6.07, 6.45) is 65.9. The van der Waals surface area contributed by atoms with Crippen LogP contribution in [0.3, 0.4) is 0 Å². The predicted octanol–water partition coefficient (Wildman–Crippen LogP) is 17.2. The Morgan fingerprint density at radius 2 is 0.821 bits per heavy atom. The number of rotatable bonds is 52. The van der Waals surface area contributed by atoms with E-state index in [1.54, 1.807) is 0 Å². The van der Waals surface area contributed by atoms with Crippen molar-refractivity contribution < 1.29 is 37.6 Å². The lowest BCUT2D eigenvalue weighted by Crippen LogP contribution is -2.29. The van der Waals surface area contributed by atoms with Gasteiger partial charge in [-0.2, -0.15) is 0 Å². The van der Waals surface area contributed by atoms with Gasteiger partial charge < -0.3 is 20.1 Å². The third-order valence-corrected chi connectivity index (χ3v) is 12.9. The lowest BCUT2D eigenvalue weighted by atomic mass is 10.0. The maximum atomic E-state index is 12.6. The maximum absolute atomic E-state index is 12.6. The molecule has 9 nitrogen and oxygen atoms in total. The van der Waals surface area contributed by atoms with Crippen molar-refractivity contribution in [2.45, 2.75) is 264 Å². The third kappa shape index (κ3) is 52.9. The van der Waals surface area contributed by atoms with Gasteiger partial charge in [0.25, 0.3) is 0 Å². The van der Waals surface area contributed by atoms with Gasteiger partial charge in [0.05, 0.1) is 13.2 Å². The van der Waals surface area contributed by atoms with E-state index in [1.165, 1.54) is 167 Å². The van der Waals surface area contributed by atoms with Crippen LogP contribution in [0, 0.1) is 0 Å².